The first-order valence-electron chi connectivity index (χ1n) is 5.95. The summed E-state index contributed by atoms with van der Waals surface area (Å²) in [7, 11) is 0. The van der Waals surface area contributed by atoms with E-state index in [0.717, 1.165) is 28.2 Å². The first kappa shape index (κ1) is 12.8. The van der Waals surface area contributed by atoms with Gasteiger partial charge in [-0.1, -0.05) is 25.2 Å². The Hall–Kier alpha value is -1.69. The van der Waals surface area contributed by atoms with Gasteiger partial charge in [-0.15, -0.1) is 0 Å². The first-order chi connectivity index (χ1) is 8.63. The third-order valence-electron chi connectivity index (χ3n) is 2.90. The van der Waals surface area contributed by atoms with Crippen molar-refractivity contribution < 1.29 is 4.92 Å². The van der Waals surface area contributed by atoms with Gasteiger partial charge in [-0.2, -0.15) is 0 Å². The number of nitrogens with zero attached hydrogens (tertiary/aromatic N) is 2. The van der Waals surface area contributed by atoms with Gasteiger partial charge in [-0.05, 0) is 18.9 Å². The van der Waals surface area contributed by atoms with Crippen molar-refractivity contribution >= 4 is 32.4 Å². The summed E-state index contributed by atoms with van der Waals surface area (Å²) < 4.78 is 0.845. The summed E-state index contributed by atoms with van der Waals surface area (Å²) in [5, 5.41) is 14.9. The molecular weight excluding hydrogens is 250 g/mol. The van der Waals surface area contributed by atoms with E-state index in [-0.39, 0.29) is 10.6 Å². The fourth-order valence-corrected chi connectivity index (χ4v) is 2.73. The highest BCUT2D eigenvalue weighted by molar-refractivity contribution is 7.22. The van der Waals surface area contributed by atoms with Crippen LogP contribution in [0.1, 0.15) is 26.7 Å². The maximum atomic E-state index is 10.7. The summed E-state index contributed by atoms with van der Waals surface area (Å²) in [6.45, 7) is 4.25. The topological polar surface area (TPSA) is 68.1 Å². The molecule has 0 amide bonds. The van der Waals surface area contributed by atoms with Crippen molar-refractivity contribution in [2.24, 2.45) is 0 Å². The highest BCUT2D eigenvalue weighted by atomic mass is 32.1. The van der Waals surface area contributed by atoms with Crippen LogP contribution in [0.25, 0.3) is 10.2 Å². The van der Waals surface area contributed by atoms with Crippen molar-refractivity contribution in [3.63, 3.8) is 0 Å². The van der Waals surface area contributed by atoms with E-state index in [1.165, 1.54) is 17.4 Å². The van der Waals surface area contributed by atoms with Crippen LogP contribution in [0.5, 0.6) is 0 Å². The van der Waals surface area contributed by atoms with Crippen LogP contribution in [-0.2, 0) is 0 Å². The number of anilines is 1. The van der Waals surface area contributed by atoms with Crippen LogP contribution in [0.2, 0.25) is 0 Å². The lowest BCUT2D eigenvalue weighted by Gasteiger charge is -2.12. The van der Waals surface area contributed by atoms with Crippen molar-refractivity contribution in [1.82, 2.24) is 4.98 Å². The highest BCUT2D eigenvalue weighted by Gasteiger charge is 2.11. The number of hydrogen-bond donors (Lipinski definition) is 1. The van der Waals surface area contributed by atoms with Gasteiger partial charge in [0.1, 0.15) is 0 Å². The van der Waals surface area contributed by atoms with Crippen LogP contribution in [-0.4, -0.2) is 15.9 Å². The van der Waals surface area contributed by atoms with E-state index in [9.17, 15) is 10.1 Å². The Balaban J connectivity index is 2.29. The molecule has 0 saturated carbocycles. The van der Waals surface area contributed by atoms with E-state index in [1.54, 1.807) is 12.1 Å². The number of aromatic nitrogens is 1. The molecule has 96 valence electrons. The Labute approximate surface area is 109 Å². The van der Waals surface area contributed by atoms with Crippen molar-refractivity contribution in [3.8, 4) is 0 Å². The number of thiazole rings is 1. The predicted octanol–water partition coefficient (Wildman–Crippen LogP) is 3.81. The molecule has 0 spiro atoms. The maximum absolute atomic E-state index is 10.7. The van der Waals surface area contributed by atoms with Crippen LogP contribution in [0, 0.1) is 10.1 Å². The molecule has 0 bridgehead atoms. The first-order valence-corrected chi connectivity index (χ1v) is 6.77. The lowest BCUT2D eigenvalue weighted by atomic mass is 10.2. The molecule has 18 heavy (non-hydrogen) atoms. The molecule has 0 atom stereocenters. The molecule has 0 saturated heterocycles. The molecular formula is C12H15N3O2S. The van der Waals surface area contributed by atoms with Gasteiger partial charge in [0.15, 0.2) is 5.13 Å². The molecule has 2 aromatic rings. The molecule has 0 aliphatic carbocycles. The predicted molar refractivity (Wildman–Crippen MR) is 74.3 cm³/mol. The largest absolute Gasteiger partial charge is 0.359 e. The molecule has 1 N–H and O–H groups in total. The van der Waals surface area contributed by atoms with E-state index >= 15 is 0 Å². The van der Waals surface area contributed by atoms with Gasteiger partial charge in [-0.25, -0.2) is 4.98 Å². The van der Waals surface area contributed by atoms with Gasteiger partial charge in [0.2, 0.25) is 0 Å². The second kappa shape index (κ2) is 5.30. The highest BCUT2D eigenvalue weighted by Crippen LogP contribution is 2.29. The maximum Gasteiger partial charge on any atom is 0.270 e. The van der Waals surface area contributed by atoms with Crippen LogP contribution in [0.4, 0.5) is 10.8 Å². The smallest absolute Gasteiger partial charge is 0.270 e. The molecule has 0 unspecified atom stereocenters. The summed E-state index contributed by atoms with van der Waals surface area (Å²) in [6, 6.07) is 5.16. The molecule has 1 heterocycles. The third kappa shape index (κ3) is 2.59. The van der Waals surface area contributed by atoms with Gasteiger partial charge in [0.25, 0.3) is 5.69 Å². The second-order valence-electron chi connectivity index (χ2n) is 4.09. The minimum atomic E-state index is -0.382. The minimum absolute atomic E-state index is 0.111. The molecule has 0 radical (unpaired) electrons. The minimum Gasteiger partial charge on any atom is -0.359 e. The monoisotopic (exact) mass is 265 g/mol. The number of rotatable bonds is 5. The SMILES string of the molecule is CCC(CC)Nc1nc2ccc([N+](=O)[O-])cc2s1. The number of non-ortho nitro benzene ring substituents is 1. The van der Waals surface area contributed by atoms with Crippen LogP contribution >= 0.6 is 11.3 Å². The number of hydrogen-bond acceptors (Lipinski definition) is 5. The Morgan fingerprint density at radius 2 is 2.17 bits per heavy atom. The Kier molecular flexibility index (Phi) is 3.76. The van der Waals surface area contributed by atoms with E-state index in [2.05, 4.69) is 24.1 Å². The van der Waals surface area contributed by atoms with E-state index in [0.29, 0.717) is 6.04 Å². The average molecular weight is 265 g/mol. The Morgan fingerprint density at radius 1 is 1.44 bits per heavy atom. The second-order valence-corrected chi connectivity index (χ2v) is 5.12. The van der Waals surface area contributed by atoms with E-state index < -0.39 is 0 Å². The molecule has 2 rings (SSSR count). The molecule has 5 nitrogen and oxygen atoms in total. The third-order valence-corrected chi connectivity index (χ3v) is 3.85. The molecule has 0 fully saturated rings. The summed E-state index contributed by atoms with van der Waals surface area (Å²) in [4.78, 5) is 14.7. The molecule has 0 aliphatic rings. The van der Waals surface area contributed by atoms with Gasteiger partial charge < -0.3 is 5.32 Å². The molecule has 0 aliphatic heterocycles. The Bertz CT molecular complexity index is 563. The van der Waals surface area contributed by atoms with Gasteiger partial charge in [0, 0.05) is 18.2 Å². The fourth-order valence-electron chi connectivity index (χ4n) is 1.76. The van der Waals surface area contributed by atoms with Crippen molar-refractivity contribution in [1.29, 1.82) is 0 Å². The summed E-state index contributed by atoms with van der Waals surface area (Å²) in [6.07, 6.45) is 2.07. The summed E-state index contributed by atoms with van der Waals surface area (Å²) in [5.74, 6) is 0. The molecule has 1 aromatic heterocycles. The fraction of sp³-hybridized carbons (Fsp3) is 0.417. The molecule has 1 aromatic carbocycles. The zero-order chi connectivity index (χ0) is 13.1. The number of nitro benzene ring substituents is 1. The van der Waals surface area contributed by atoms with Crippen molar-refractivity contribution in [2.75, 3.05) is 5.32 Å². The average Bonchev–Trinajstić information content (AvgIpc) is 2.76. The number of benzene rings is 1. The van der Waals surface area contributed by atoms with E-state index in [4.69, 9.17) is 0 Å². The zero-order valence-electron chi connectivity index (χ0n) is 10.3. The summed E-state index contributed by atoms with van der Waals surface area (Å²) in [5.41, 5.74) is 0.916. The van der Waals surface area contributed by atoms with Crippen molar-refractivity contribution in [2.45, 2.75) is 32.7 Å². The van der Waals surface area contributed by atoms with E-state index in [1.807, 2.05) is 0 Å². The number of fused-ring (bicyclic) bond motifs is 1. The van der Waals surface area contributed by atoms with Crippen LogP contribution < -0.4 is 5.32 Å². The quantitative estimate of drug-likeness (QED) is 0.659. The van der Waals surface area contributed by atoms with Crippen LogP contribution in [0.3, 0.4) is 0 Å². The normalized spacial score (nSPS) is 11.1. The lowest BCUT2D eigenvalue weighted by molar-refractivity contribution is -0.384. The zero-order valence-corrected chi connectivity index (χ0v) is 11.2. The van der Waals surface area contributed by atoms with Gasteiger partial charge >= 0.3 is 0 Å². The summed E-state index contributed by atoms with van der Waals surface area (Å²) >= 11 is 1.46. The van der Waals surface area contributed by atoms with Gasteiger partial charge in [0.05, 0.1) is 15.1 Å². The Morgan fingerprint density at radius 3 is 2.78 bits per heavy atom. The number of nitro groups is 1. The molecule has 6 heteroatoms. The van der Waals surface area contributed by atoms with Gasteiger partial charge in [-0.3, -0.25) is 10.1 Å². The van der Waals surface area contributed by atoms with Crippen molar-refractivity contribution in [3.05, 3.63) is 28.3 Å². The van der Waals surface area contributed by atoms with Crippen LogP contribution in [0.15, 0.2) is 18.2 Å². The lowest BCUT2D eigenvalue weighted by Crippen LogP contribution is -2.16. The number of nitrogens with one attached hydrogen (secondary N) is 1. The standard InChI is InChI=1S/C12H15N3O2S/c1-3-8(4-2)13-12-14-10-6-5-9(15(16)17)7-11(10)18-12/h5-8H,3-4H2,1-2H3,(H,13,14).